The van der Waals surface area contributed by atoms with E-state index >= 15 is 0 Å². The molecule has 2 heterocycles. The maximum Gasteiger partial charge on any atom is 0.326 e. The minimum absolute atomic E-state index is 0.120. The monoisotopic (exact) mass is 289 g/mol. The average molecular weight is 289 g/mol. The van der Waals surface area contributed by atoms with Crippen molar-refractivity contribution in [2.24, 2.45) is 0 Å². The summed E-state index contributed by atoms with van der Waals surface area (Å²) in [6, 6.07) is 1.72. The van der Waals surface area contributed by atoms with Gasteiger partial charge in [0.15, 0.2) is 0 Å². The third kappa shape index (κ3) is 4.03. The third-order valence-corrected chi connectivity index (χ3v) is 2.84. The van der Waals surface area contributed by atoms with Crippen LogP contribution in [0.25, 0.3) is 0 Å². The number of amides is 2. The van der Waals surface area contributed by atoms with Crippen LogP contribution in [0.4, 0.5) is 10.5 Å². The van der Waals surface area contributed by atoms with Crippen molar-refractivity contribution in [2.75, 3.05) is 5.32 Å². The predicted octanol–water partition coefficient (Wildman–Crippen LogP) is 0.931. The van der Waals surface area contributed by atoms with Crippen molar-refractivity contribution in [2.45, 2.75) is 19.4 Å². The minimum atomic E-state index is -1.12. The number of imidazole rings is 1. The Kier molecular flexibility index (Phi) is 4.50. The van der Waals surface area contributed by atoms with Crippen LogP contribution in [0.5, 0.6) is 0 Å². The first-order valence-electron chi connectivity index (χ1n) is 6.25. The average Bonchev–Trinajstić information content (AvgIpc) is 2.93. The number of aryl methyl sites for hydroxylation is 1. The topological polar surface area (TPSA) is 120 Å². The molecule has 0 radical (unpaired) electrons. The highest BCUT2D eigenvalue weighted by Gasteiger charge is 2.21. The lowest BCUT2D eigenvalue weighted by Crippen LogP contribution is -2.44. The van der Waals surface area contributed by atoms with Gasteiger partial charge in [-0.05, 0) is 19.1 Å². The van der Waals surface area contributed by atoms with Crippen LogP contribution in [0.1, 0.15) is 11.4 Å². The van der Waals surface area contributed by atoms with Gasteiger partial charge in [-0.3, -0.25) is 4.98 Å². The molecule has 0 aromatic carbocycles. The summed E-state index contributed by atoms with van der Waals surface area (Å²) in [4.78, 5) is 33.7. The standard InChI is InChI=1S/C13H15N5O3/c1-8-10(3-2-4-15-8)17-13(21)18-11(12(19)20)5-9-6-14-7-16-9/h2-4,6-7,11H,5H2,1H3,(H,14,16)(H,19,20)(H2,17,18,21). The van der Waals surface area contributed by atoms with Gasteiger partial charge in [0.1, 0.15) is 6.04 Å². The van der Waals surface area contributed by atoms with Gasteiger partial charge in [-0.15, -0.1) is 0 Å². The van der Waals surface area contributed by atoms with Gasteiger partial charge in [-0.1, -0.05) is 0 Å². The fourth-order valence-corrected chi connectivity index (χ4v) is 1.75. The molecule has 2 amide bonds. The largest absolute Gasteiger partial charge is 0.480 e. The molecule has 0 fully saturated rings. The molecular weight excluding hydrogens is 274 g/mol. The molecule has 1 atom stereocenters. The number of anilines is 1. The van der Waals surface area contributed by atoms with Crippen LogP contribution in [-0.4, -0.2) is 38.1 Å². The summed E-state index contributed by atoms with van der Waals surface area (Å²) in [5.41, 5.74) is 1.80. The third-order valence-electron chi connectivity index (χ3n) is 2.84. The Labute approximate surface area is 120 Å². The first-order valence-corrected chi connectivity index (χ1v) is 6.25. The van der Waals surface area contributed by atoms with Crippen molar-refractivity contribution in [3.8, 4) is 0 Å². The number of hydrogen-bond donors (Lipinski definition) is 4. The van der Waals surface area contributed by atoms with Crippen molar-refractivity contribution in [1.29, 1.82) is 0 Å². The lowest BCUT2D eigenvalue weighted by molar-refractivity contribution is -0.139. The molecule has 1 unspecified atom stereocenters. The van der Waals surface area contributed by atoms with Crippen molar-refractivity contribution in [3.63, 3.8) is 0 Å². The normalized spacial score (nSPS) is 11.7. The molecular formula is C13H15N5O3. The SMILES string of the molecule is Cc1ncccc1NC(=O)NC(Cc1cnc[nH]1)C(=O)O. The second-order valence-electron chi connectivity index (χ2n) is 4.41. The number of carbonyl (C=O) groups is 2. The van der Waals surface area contributed by atoms with Gasteiger partial charge in [0.05, 0.1) is 17.7 Å². The molecule has 4 N–H and O–H groups in total. The van der Waals surface area contributed by atoms with Crippen LogP contribution in [0.15, 0.2) is 30.9 Å². The highest BCUT2D eigenvalue weighted by molar-refractivity contribution is 5.92. The Morgan fingerprint density at radius 3 is 2.90 bits per heavy atom. The lowest BCUT2D eigenvalue weighted by atomic mass is 10.1. The van der Waals surface area contributed by atoms with E-state index in [0.717, 1.165) is 0 Å². The molecule has 110 valence electrons. The fourth-order valence-electron chi connectivity index (χ4n) is 1.75. The molecule has 8 heteroatoms. The summed E-state index contributed by atoms with van der Waals surface area (Å²) in [6.45, 7) is 1.74. The number of H-pyrrole nitrogens is 1. The molecule has 0 aliphatic carbocycles. The Hall–Kier alpha value is -2.90. The van der Waals surface area contributed by atoms with Crippen LogP contribution >= 0.6 is 0 Å². The molecule has 21 heavy (non-hydrogen) atoms. The summed E-state index contributed by atoms with van der Waals surface area (Å²) < 4.78 is 0. The number of aromatic amines is 1. The molecule has 0 spiro atoms. The summed E-state index contributed by atoms with van der Waals surface area (Å²) in [6.07, 6.45) is 4.69. The van der Waals surface area contributed by atoms with E-state index in [-0.39, 0.29) is 6.42 Å². The van der Waals surface area contributed by atoms with E-state index < -0.39 is 18.0 Å². The number of urea groups is 1. The molecule has 0 saturated heterocycles. The lowest BCUT2D eigenvalue weighted by Gasteiger charge is -2.15. The highest BCUT2D eigenvalue weighted by Crippen LogP contribution is 2.10. The number of hydrogen-bond acceptors (Lipinski definition) is 4. The van der Waals surface area contributed by atoms with Crippen LogP contribution < -0.4 is 10.6 Å². The molecule has 0 bridgehead atoms. The van der Waals surface area contributed by atoms with Crippen LogP contribution in [0.2, 0.25) is 0 Å². The molecule has 0 aliphatic heterocycles. The van der Waals surface area contributed by atoms with Gasteiger partial charge in [-0.25, -0.2) is 14.6 Å². The molecule has 2 aromatic rings. The number of carboxylic acids is 1. The summed E-state index contributed by atoms with van der Waals surface area (Å²) >= 11 is 0. The van der Waals surface area contributed by atoms with Gasteiger partial charge >= 0.3 is 12.0 Å². The Balaban J connectivity index is 1.98. The number of rotatable bonds is 5. The first kappa shape index (κ1) is 14.5. The zero-order valence-corrected chi connectivity index (χ0v) is 11.3. The highest BCUT2D eigenvalue weighted by atomic mass is 16.4. The second-order valence-corrected chi connectivity index (χ2v) is 4.41. The number of pyridine rings is 1. The van der Waals surface area contributed by atoms with Crippen LogP contribution in [0.3, 0.4) is 0 Å². The summed E-state index contributed by atoms with van der Waals surface area (Å²) in [5.74, 6) is -1.12. The zero-order chi connectivity index (χ0) is 15.2. The quantitative estimate of drug-likeness (QED) is 0.652. The smallest absolute Gasteiger partial charge is 0.326 e. The van der Waals surface area contributed by atoms with E-state index in [2.05, 4.69) is 25.6 Å². The molecule has 2 aromatic heterocycles. The Bertz CT molecular complexity index is 626. The Morgan fingerprint density at radius 1 is 1.48 bits per heavy atom. The maximum atomic E-state index is 11.9. The minimum Gasteiger partial charge on any atom is -0.480 e. The number of nitrogens with zero attached hydrogens (tertiary/aromatic N) is 2. The van der Waals surface area contributed by atoms with Gasteiger partial charge in [0.25, 0.3) is 0 Å². The van der Waals surface area contributed by atoms with E-state index in [1.807, 2.05) is 0 Å². The van der Waals surface area contributed by atoms with Crippen molar-refractivity contribution in [1.82, 2.24) is 20.3 Å². The number of nitrogens with one attached hydrogen (secondary N) is 3. The van der Waals surface area contributed by atoms with E-state index in [4.69, 9.17) is 5.11 Å². The van der Waals surface area contributed by atoms with Crippen molar-refractivity contribution < 1.29 is 14.7 Å². The Morgan fingerprint density at radius 2 is 2.29 bits per heavy atom. The van der Waals surface area contributed by atoms with E-state index in [1.54, 1.807) is 25.3 Å². The number of carboxylic acid groups (broad SMARTS) is 1. The predicted molar refractivity (Wildman–Crippen MR) is 74.8 cm³/mol. The molecule has 2 rings (SSSR count). The van der Waals surface area contributed by atoms with E-state index in [1.165, 1.54) is 12.5 Å². The van der Waals surface area contributed by atoms with Gasteiger partial charge in [-0.2, -0.15) is 0 Å². The molecule has 8 nitrogen and oxygen atoms in total. The van der Waals surface area contributed by atoms with E-state index in [9.17, 15) is 9.59 Å². The van der Waals surface area contributed by atoms with E-state index in [0.29, 0.717) is 17.1 Å². The van der Waals surface area contributed by atoms with Crippen LogP contribution in [0, 0.1) is 6.92 Å². The second kappa shape index (κ2) is 6.51. The summed E-state index contributed by atoms with van der Waals surface area (Å²) in [5, 5.41) is 14.1. The van der Waals surface area contributed by atoms with Crippen molar-refractivity contribution >= 4 is 17.7 Å². The molecule has 0 aliphatic rings. The molecule has 0 saturated carbocycles. The summed E-state index contributed by atoms with van der Waals surface area (Å²) in [7, 11) is 0. The fraction of sp³-hybridized carbons (Fsp3) is 0.231. The van der Waals surface area contributed by atoms with Gasteiger partial charge in [0.2, 0.25) is 0 Å². The first-order chi connectivity index (χ1) is 10.1. The number of carbonyl (C=O) groups excluding carboxylic acids is 1. The zero-order valence-electron chi connectivity index (χ0n) is 11.3. The van der Waals surface area contributed by atoms with Crippen molar-refractivity contribution in [3.05, 3.63) is 42.2 Å². The van der Waals surface area contributed by atoms with Gasteiger partial charge in [0, 0.05) is 24.5 Å². The number of aliphatic carboxylic acids is 1. The number of aromatic nitrogens is 3. The van der Waals surface area contributed by atoms with Gasteiger partial charge < -0.3 is 20.7 Å². The van der Waals surface area contributed by atoms with Crippen LogP contribution in [-0.2, 0) is 11.2 Å². The maximum absolute atomic E-state index is 11.9.